The molecule has 15 heavy (non-hydrogen) atoms. The molecule has 1 saturated carbocycles. The first-order valence-corrected chi connectivity index (χ1v) is 5.77. The van der Waals surface area contributed by atoms with Gasteiger partial charge in [-0.05, 0) is 25.5 Å². The van der Waals surface area contributed by atoms with Crippen LogP contribution in [0.25, 0.3) is 0 Å². The van der Waals surface area contributed by atoms with Crippen LogP contribution in [0.3, 0.4) is 0 Å². The van der Waals surface area contributed by atoms with Crippen molar-refractivity contribution in [3.8, 4) is 0 Å². The molecule has 2 rings (SSSR count). The van der Waals surface area contributed by atoms with Crippen molar-refractivity contribution in [2.45, 2.75) is 38.6 Å². The molecule has 0 aromatic carbocycles. The van der Waals surface area contributed by atoms with Crippen molar-refractivity contribution in [2.24, 2.45) is 5.41 Å². The lowest BCUT2D eigenvalue weighted by atomic mass is 9.66. The van der Waals surface area contributed by atoms with E-state index in [1.165, 1.54) is 0 Å². The zero-order valence-corrected chi connectivity index (χ0v) is 10.2. The lowest BCUT2D eigenvalue weighted by molar-refractivity contribution is 0.168. The number of aryl methyl sites for hydroxylation is 1. The third-order valence-electron chi connectivity index (χ3n) is 3.39. The number of halogens is 1. The van der Waals surface area contributed by atoms with Gasteiger partial charge in [-0.15, -0.1) is 11.6 Å². The molecule has 0 aliphatic heterocycles. The number of anilines is 1. The highest BCUT2D eigenvalue weighted by atomic mass is 35.5. The molecule has 2 nitrogen and oxygen atoms in total. The van der Waals surface area contributed by atoms with Crippen molar-refractivity contribution < 1.29 is 0 Å². The Labute approximate surface area is 96.1 Å². The third-order valence-corrected chi connectivity index (χ3v) is 4.13. The normalized spacial score (nSPS) is 28.3. The molecule has 1 aliphatic carbocycles. The van der Waals surface area contributed by atoms with Crippen molar-refractivity contribution in [1.29, 1.82) is 0 Å². The number of rotatable bonds is 2. The highest BCUT2D eigenvalue weighted by Crippen LogP contribution is 2.45. The third kappa shape index (κ3) is 1.96. The zero-order valence-electron chi connectivity index (χ0n) is 9.42. The first-order valence-electron chi connectivity index (χ1n) is 5.33. The molecule has 0 bridgehead atoms. The molecule has 1 heterocycles. The minimum absolute atomic E-state index is 0.179. The van der Waals surface area contributed by atoms with Crippen molar-refractivity contribution in [3.05, 3.63) is 24.0 Å². The molecule has 3 heteroatoms. The maximum absolute atomic E-state index is 6.18. The van der Waals surface area contributed by atoms with Gasteiger partial charge in [0.25, 0.3) is 0 Å². The minimum Gasteiger partial charge on any atom is -0.382 e. The van der Waals surface area contributed by atoms with Gasteiger partial charge in [0.2, 0.25) is 0 Å². The van der Waals surface area contributed by atoms with Gasteiger partial charge in [0.15, 0.2) is 0 Å². The Bertz CT molecular complexity index is 362. The monoisotopic (exact) mass is 224 g/mol. The van der Waals surface area contributed by atoms with Gasteiger partial charge in [-0.3, -0.25) is 4.98 Å². The van der Waals surface area contributed by atoms with E-state index in [1.807, 2.05) is 19.2 Å². The Balaban J connectivity index is 2.05. The number of nitrogens with one attached hydrogen (secondary N) is 1. The van der Waals surface area contributed by atoms with Crippen LogP contribution in [0, 0.1) is 12.3 Å². The molecule has 1 fully saturated rings. The van der Waals surface area contributed by atoms with E-state index in [2.05, 4.69) is 30.2 Å². The average Bonchev–Trinajstić information content (AvgIpc) is 2.17. The molecule has 82 valence electrons. The molecule has 0 radical (unpaired) electrons. The van der Waals surface area contributed by atoms with Gasteiger partial charge in [-0.2, -0.15) is 0 Å². The first-order chi connectivity index (χ1) is 7.00. The van der Waals surface area contributed by atoms with E-state index in [1.54, 1.807) is 0 Å². The van der Waals surface area contributed by atoms with E-state index in [0.717, 1.165) is 17.8 Å². The maximum atomic E-state index is 6.18. The van der Waals surface area contributed by atoms with Crippen LogP contribution in [-0.2, 0) is 0 Å². The van der Waals surface area contributed by atoms with Gasteiger partial charge in [0.05, 0.1) is 0 Å². The molecule has 1 aliphatic rings. The van der Waals surface area contributed by atoms with Crippen molar-refractivity contribution >= 4 is 17.3 Å². The Hall–Kier alpha value is -0.760. The van der Waals surface area contributed by atoms with Gasteiger partial charge in [0, 0.05) is 34.4 Å². The molecule has 0 saturated heterocycles. The van der Waals surface area contributed by atoms with E-state index >= 15 is 0 Å². The molecule has 1 aromatic rings. The number of nitrogens with zero attached hydrogens (tertiary/aromatic N) is 1. The second-order valence-electron chi connectivity index (χ2n) is 4.91. The van der Waals surface area contributed by atoms with E-state index in [9.17, 15) is 0 Å². The summed E-state index contributed by atoms with van der Waals surface area (Å²) in [7, 11) is 0. The van der Waals surface area contributed by atoms with E-state index in [4.69, 9.17) is 11.6 Å². The number of alkyl halides is 1. The van der Waals surface area contributed by atoms with Gasteiger partial charge >= 0.3 is 0 Å². The van der Waals surface area contributed by atoms with Gasteiger partial charge < -0.3 is 5.32 Å². The number of aromatic nitrogens is 1. The summed E-state index contributed by atoms with van der Waals surface area (Å²) in [5, 5.41) is 3.81. The predicted octanol–water partition coefficient (Wildman–Crippen LogP) is 3.21. The van der Waals surface area contributed by atoms with Crippen LogP contribution in [0.15, 0.2) is 18.3 Å². The molecule has 2 atom stereocenters. The Morgan fingerprint density at radius 1 is 1.53 bits per heavy atom. The SMILES string of the molecule is Cc1cc(NC2CC(Cl)C2(C)C)ccn1. The number of pyridine rings is 1. The quantitative estimate of drug-likeness (QED) is 0.781. The van der Waals surface area contributed by atoms with Crippen molar-refractivity contribution in [1.82, 2.24) is 4.98 Å². The molecular formula is C12H17ClN2. The average molecular weight is 225 g/mol. The molecule has 0 amide bonds. The molecule has 0 spiro atoms. The summed E-state index contributed by atoms with van der Waals surface area (Å²) < 4.78 is 0. The largest absolute Gasteiger partial charge is 0.382 e. The van der Waals surface area contributed by atoms with Crippen LogP contribution in [0.4, 0.5) is 5.69 Å². The van der Waals surface area contributed by atoms with E-state index in [0.29, 0.717) is 6.04 Å². The van der Waals surface area contributed by atoms with Crippen LogP contribution >= 0.6 is 11.6 Å². The number of hydrogen-bond acceptors (Lipinski definition) is 2. The Morgan fingerprint density at radius 2 is 2.27 bits per heavy atom. The summed E-state index contributed by atoms with van der Waals surface area (Å²) in [4.78, 5) is 4.18. The smallest absolute Gasteiger partial charge is 0.0426 e. The fraction of sp³-hybridized carbons (Fsp3) is 0.583. The Kier molecular flexibility index (Phi) is 2.63. The number of hydrogen-bond donors (Lipinski definition) is 1. The fourth-order valence-electron chi connectivity index (χ4n) is 1.95. The zero-order chi connectivity index (χ0) is 11.1. The summed E-state index contributed by atoms with van der Waals surface area (Å²) in [6.45, 7) is 6.42. The first kappa shape index (κ1) is 10.7. The summed E-state index contributed by atoms with van der Waals surface area (Å²) >= 11 is 6.18. The van der Waals surface area contributed by atoms with Crippen LogP contribution in [0.5, 0.6) is 0 Å². The molecular weight excluding hydrogens is 208 g/mol. The summed E-state index contributed by atoms with van der Waals surface area (Å²) in [6.07, 6.45) is 2.87. The van der Waals surface area contributed by atoms with Crippen LogP contribution in [0.1, 0.15) is 26.0 Å². The van der Waals surface area contributed by atoms with Gasteiger partial charge in [-0.25, -0.2) is 0 Å². The second-order valence-corrected chi connectivity index (χ2v) is 5.43. The van der Waals surface area contributed by atoms with Gasteiger partial charge in [0.1, 0.15) is 0 Å². The molecule has 1 N–H and O–H groups in total. The summed E-state index contributed by atoms with van der Waals surface area (Å²) in [5.41, 5.74) is 2.36. The van der Waals surface area contributed by atoms with Crippen molar-refractivity contribution in [3.63, 3.8) is 0 Å². The maximum Gasteiger partial charge on any atom is 0.0426 e. The minimum atomic E-state index is 0.179. The second kappa shape index (κ2) is 3.67. The van der Waals surface area contributed by atoms with Crippen LogP contribution < -0.4 is 5.32 Å². The van der Waals surface area contributed by atoms with E-state index < -0.39 is 0 Å². The van der Waals surface area contributed by atoms with Crippen LogP contribution in [-0.4, -0.2) is 16.4 Å². The Morgan fingerprint density at radius 3 is 2.80 bits per heavy atom. The lowest BCUT2D eigenvalue weighted by Crippen LogP contribution is -2.54. The van der Waals surface area contributed by atoms with Crippen LogP contribution in [0.2, 0.25) is 0 Å². The topological polar surface area (TPSA) is 24.9 Å². The lowest BCUT2D eigenvalue weighted by Gasteiger charge is -2.49. The fourth-order valence-corrected chi connectivity index (χ4v) is 2.28. The summed E-state index contributed by atoms with van der Waals surface area (Å²) in [5.74, 6) is 0. The molecule has 2 unspecified atom stereocenters. The molecule has 1 aromatic heterocycles. The van der Waals surface area contributed by atoms with Gasteiger partial charge in [-0.1, -0.05) is 13.8 Å². The summed E-state index contributed by atoms with van der Waals surface area (Å²) in [6, 6.07) is 4.55. The highest BCUT2D eigenvalue weighted by Gasteiger charge is 2.47. The van der Waals surface area contributed by atoms with E-state index in [-0.39, 0.29) is 10.8 Å². The standard InChI is InChI=1S/C12H17ClN2/c1-8-6-9(4-5-14-8)15-11-7-10(13)12(11,2)3/h4-6,10-11H,7H2,1-3H3,(H,14,15). The highest BCUT2D eigenvalue weighted by molar-refractivity contribution is 6.21. The van der Waals surface area contributed by atoms with Crippen molar-refractivity contribution in [2.75, 3.05) is 5.32 Å². The predicted molar refractivity (Wildman–Crippen MR) is 64.4 cm³/mol.